The molecule has 0 bridgehead atoms. The van der Waals surface area contributed by atoms with Crippen molar-refractivity contribution in [3.05, 3.63) is 106 Å². The maximum atomic E-state index is 14.5. The van der Waals surface area contributed by atoms with E-state index >= 15 is 0 Å². The molecular formula is C27H21FN2O3. The van der Waals surface area contributed by atoms with Crippen molar-refractivity contribution in [3.8, 4) is 6.07 Å². The number of carbonyl (C=O) groups is 2. The summed E-state index contributed by atoms with van der Waals surface area (Å²) in [7, 11) is 1.79. The number of ketones is 2. The predicted molar refractivity (Wildman–Crippen MR) is 123 cm³/mol. The summed E-state index contributed by atoms with van der Waals surface area (Å²) in [5.41, 5.74) is 2.92. The highest BCUT2D eigenvalue weighted by Gasteiger charge is 2.32. The Hall–Kier alpha value is -4.24. The number of anilines is 1. The van der Waals surface area contributed by atoms with Gasteiger partial charge in [-0.15, -0.1) is 0 Å². The number of nitrogens with zero attached hydrogens (tertiary/aromatic N) is 2. The summed E-state index contributed by atoms with van der Waals surface area (Å²) in [5, 5.41) is 19.8. The molecule has 0 aromatic heterocycles. The zero-order valence-electron chi connectivity index (χ0n) is 18.0. The van der Waals surface area contributed by atoms with E-state index in [0.717, 1.165) is 11.6 Å². The lowest BCUT2D eigenvalue weighted by molar-refractivity contribution is -0.120. The molecule has 0 radical (unpaired) electrons. The van der Waals surface area contributed by atoms with Crippen LogP contribution >= 0.6 is 0 Å². The quantitative estimate of drug-likeness (QED) is 0.569. The molecule has 0 unspecified atom stereocenters. The summed E-state index contributed by atoms with van der Waals surface area (Å²) in [6, 6.07) is 20.6. The largest absolute Gasteiger partial charge is 0.506 e. The van der Waals surface area contributed by atoms with Crippen molar-refractivity contribution in [1.82, 2.24) is 0 Å². The van der Waals surface area contributed by atoms with Crippen molar-refractivity contribution in [3.63, 3.8) is 0 Å². The zero-order chi connectivity index (χ0) is 23.5. The number of fused-ring (bicyclic) bond motifs is 1. The van der Waals surface area contributed by atoms with Crippen LogP contribution in [0.5, 0.6) is 0 Å². The van der Waals surface area contributed by atoms with Gasteiger partial charge in [0, 0.05) is 37.7 Å². The summed E-state index contributed by atoms with van der Waals surface area (Å²) >= 11 is 0. The van der Waals surface area contributed by atoms with Crippen LogP contribution in [0.4, 0.5) is 10.1 Å². The molecule has 0 atom stereocenters. The van der Waals surface area contributed by atoms with Gasteiger partial charge in [0.1, 0.15) is 17.1 Å². The molecule has 5 nitrogen and oxygen atoms in total. The summed E-state index contributed by atoms with van der Waals surface area (Å²) in [5.74, 6) is -2.10. The maximum absolute atomic E-state index is 14.5. The van der Waals surface area contributed by atoms with Gasteiger partial charge in [0.25, 0.3) is 0 Å². The van der Waals surface area contributed by atoms with E-state index in [4.69, 9.17) is 5.26 Å². The van der Waals surface area contributed by atoms with E-state index in [2.05, 4.69) is 0 Å². The average Bonchev–Trinajstić information content (AvgIpc) is 2.80. The van der Waals surface area contributed by atoms with Crippen molar-refractivity contribution < 1.29 is 19.1 Å². The first-order valence-electron chi connectivity index (χ1n) is 10.4. The minimum atomic E-state index is -0.566. The fourth-order valence-electron chi connectivity index (χ4n) is 4.08. The molecule has 6 heteroatoms. The highest BCUT2D eigenvalue weighted by atomic mass is 19.1. The molecule has 0 saturated heterocycles. The average molecular weight is 440 g/mol. The lowest BCUT2D eigenvalue weighted by Gasteiger charge is -2.27. The molecule has 1 aliphatic carbocycles. The normalized spacial score (nSPS) is 12.8. The SMILES string of the molecule is CN(Cc1ccccc1)c1cc(F)cc2c1CC(=O)C(C(=O)Cc1ccc(C#N)cc1)=C2O. The van der Waals surface area contributed by atoms with Gasteiger partial charge in [-0.1, -0.05) is 42.5 Å². The molecule has 3 aromatic carbocycles. The topological polar surface area (TPSA) is 81.4 Å². The maximum Gasteiger partial charge on any atom is 0.174 e. The minimum absolute atomic E-state index is 0.109. The monoisotopic (exact) mass is 440 g/mol. The Bertz CT molecular complexity index is 1310. The number of benzene rings is 3. The van der Waals surface area contributed by atoms with Crippen LogP contribution in [0.2, 0.25) is 0 Å². The molecule has 0 amide bonds. The summed E-state index contributed by atoms with van der Waals surface area (Å²) in [6.07, 6.45) is -0.217. The standard InChI is InChI=1S/C27H21FN2O3/c1-30(16-19-5-3-2-4-6-19)23-13-20(28)12-22-21(23)14-25(32)26(27(22)33)24(31)11-17-7-9-18(15-29)10-8-17/h2-10,12-13,33H,11,14,16H2,1H3. The van der Waals surface area contributed by atoms with Crippen LogP contribution < -0.4 is 4.90 Å². The Morgan fingerprint density at radius 2 is 1.79 bits per heavy atom. The van der Waals surface area contributed by atoms with E-state index in [1.165, 1.54) is 6.07 Å². The molecule has 1 N–H and O–H groups in total. The van der Waals surface area contributed by atoms with E-state index in [1.807, 2.05) is 41.3 Å². The number of allylic oxidation sites excluding steroid dienone is 1. The van der Waals surface area contributed by atoms with Gasteiger partial charge in [-0.2, -0.15) is 5.26 Å². The van der Waals surface area contributed by atoms with Crippen molar-refractivity contribution in [2.75, 3.05) is 11.9 Å². The highest BCUT2D eigenvalue weighted by molar-refractivity contribution is 6.27. The third-order valence-corrected chi connectivity index (χ3v) is 5.70. The van der Waals surface area contributed by atoms with Crippen molar-refractivity contribution in [2.45, 2.75) is 19.4 Å². The van der Waals surface area contributed by atoms with Gasteiger partial charge in [-0.25, -0.2) is 4.39 Å². The molecular weight excluding hydrogens is 419 g/mol. The van der Waals surface area contributed by atoms with E-state index < -0.39 is 23.1 Å². The smallest absolute Gasteiger partial charge is 0.174 e. The Morgan fingerprint density at radius 3 is 2.45 bits per heavy atom. The molecule has 0 aliphatic heterocycles. The van der Waals surface area contributed by atoms with Crippen LogP contribution in [-0.2, 0) is 29.0 Å². The second kappa shape index (κ2) is 9.09. The van der Waals surface area contributed by atoms with Crippen LogP contribution in [0, 0.1) is 17.1 Å². The van der Waals surface area contributed by atoms with Crippen LogP contribution in [0.3, 0.4) is 0 Å². The first-order valence-corrected chi connectivity index (χ1v) is 10.4. The van der Waals surface area contributed by atoms with E-state index in [-0.39, 0.29) is 24.0 Å². The number of carbonyl (C=O) groups excluding carboxylic acids is 2. The van der Waals surface area contributed by atoms with E-state index in [9.17, 15) is 19.1 Å². The summed E-state index contributed by atoms with van der Waals surface area (Å²) < 4.78 is 14.5. The number of nitriles is 1. The number of hydrogen-bond donors (Lipinski definition) is 1. The number of hydrogen-bond acceptors (Lipinski definition) is 5. The van der Waals surface area contributed by atoms with Crippen molar-refractivity contribution >= 4 is 23.0 Å². The van der Waals surface area contributed by atoms with Gasteiger partial charge in [-0.05, 0) is 41.0 Å². The number of rotatable bonds is 6. The number of aliphatic hydroxyl groups excluding tert-OH is 1. The third-order valence-electron chi connectivity index (χ3n) is 5.70. The lowest BCUT2D eigenvalue weighted by atomic mass is 9.85. The van der Waals surface area contributed by atoms with Crippen molar-refractivity contribution in [1.29, 1.82) is 5.26 Å². The highest BCUT2D eigenvalue weighted by Crippen LogP contribution is 2.36. The number of aliphatic hydroxyl groups is 1. The van der Waals surface area contributed by atoms with Crippen LogP contribution in [0.15, 0.2) is 72.3 Å². The molecule has 164 valence electrons. The molecule has 0 saturated carbocycles. The minimum Gasteiger partial charge on any atom is -0.506 e. The summed E-state index contributed by atoms with van der Waals surface area (Å²) in [4.78, 5) is 27.6. The summed E-state index contributed by atoms with van der Waals surface area (Å²) in [6.45, 7) is 0.486. The van der Waals surface area contributed by atoms with Gasteiger partial charge in [0.05, 0.1) is 11.6 Å². The van der Waals surface area contributed by atoms with Gasteiger partial charge in [0.2, 0.25) is 0 Å². The predicted octanol–water partition coefficient (Wildman–Crippen LogP) is 4.54. The first kappa shape index (κ1) is 22.0. The fraction of sp³-hybridized carbons (Fsp3) is 0.148. The number of halogens is 1. The molecule has 0 fully saturated rings. The van der Waals surface area contributed by atoms with E-state index in [1.54, 1.807) is 31.3 Å². The first-order chi connectivity index (χ1) is 15.9. The Balaban J connectivity index is 1.68. The Labute approximate surface area is 191 Å². The second-order valence-corrected chi connectivity index (χ2v) is 8.02. The van der Waals surface area contributed by atoms with Crippen LogP contribution in [-0.4, -0.2) is 23.7 Å². The number of Topliss-reactive ketones (excluding diaryl/α,β-unsaturated/α-hetero) is 2. The van der Waals surface area contributed by atoms with Crippen LogP contribution in [0.25, 0.3) is 5.76 Å². The van der Waals surface area contributed by atoms with Gasteiger partial charge in [-0.3, -0.25) is 9.59 Å². The third kappa shape index (κ3) is 4.53. The molecule has 3 aromatic rings. The zero-order valence-corrected chi connectivity index (χ0v) is 18.0. The van der Waals surface area contributed by atoms with Gasteiger partial charge < -0.3 is 10.0 Å². The molecule has 4 rings (SSSR count). The molecule has 0 spiro atoms. The second-order valence-electron chi connectivity index (χ2n) is 8.02. The molecule has 33 heavy (non-hydrogen) atoms. The van der Waals surface area contributed by atoms with Crippen LogP contribution in [0.1, 0.15) is 27.8 Å². The van der Waals surface area contributed by atoms with Crippen molar-refractivity contribution in [2.24, 2.45) is 0 Å². The fourth-order valence-corrected chi connectivity index (χ4v) is 4.08. The lowest BCUT2D eigenvalue weighted by Crippen LogP contribution is -2.26. The van der Waals surface area contributed by atoms with Gasteiger partial charge >= 0.3 is 0 Å². The molecule has 0 heterocycles. The van der Waals surface area contributed by atoms with E-state index in [0.29, 0.717) is 28.9 Å². The Kier molecular flexibility index (Phi) is 6.05. The Morgan fingerprint density at radius 1 is 1.09 bits per heavy atom. The molecule has 1 aliphatic rings. The van der Waals surface area contributed by atoms with Gasteiger partial charge in [0.15, 0.2) is 11.6 Å².